The molecule has 20 heavy (non-hydrogen) atoms. The van der Waals surface area contributed by atoms with Crippen LogP contribution in [0, 0.1) is 11.3 Å². The third-order valence-electron chi connectivity index (χ3n) is 5.30. The Kier molecular flexibility index (Phi) is 5.64. The fourth-order valence-corrected chi connectivity index (χ4v) is 3.60. The van der Waals surface area contributed by atoms with Gasteiger partial charge in [0.15, 0.2) is 0 Å². The van der Waals surface area contributed by atoms with Crippen molar-refractivity contribution in [3.05, 3.63) is 18.0 Å². The Balaban J connectivity index is 1.84. The van der Waals surface area contributed by atoms with Gasteiger partial charge in [0.1, 0.15) is 0 Å². The lowest BCUT2D eigenvalue weighted by atomic mass is 9.67. The molecular formula is C17H30N2O. The van der Waals surface area contributed by atoms with Gasteiger partial charge >= 0.3 is 0 Å². The number of aliphatic hydroxyl groups excluding tert-OH is 1. The smallest absolute Gasteiger partial charge is 0.0492 e. The van der Waals surface area contributed by atoms with E-state index in [0.717, 1.165) is 18.8 Å². The molecule has 1 aromatic heterocycles. The van der Waals surface area contributed by atoms with Crippen molar-refractivity contribution in [2.45, 2.75) is 64.7 Å². The third kappa shape index (κ3) is 3.85. The molecule has 1 saturated carbocycles. The van der Waals surface area contributed by atoms with Crippen LogP contribution in [0.1, 0.15) is 64.0 Å². The molecule has 1 N–H and O–H groups in total. The number of aliphatic hydroxyl groups is 1. The fourth-order valence-electron chi connectivity index (χ4n) is 3.60. The van der Waals surface area contributed by atoms with Crippen LogP contribution < -0.4 is 0 Å². The highest BCUT2D eigenvalue weighted by molar-refractivity contribution is 5.01. The van der Waals surface area contributed by atoms with E-state index >= 15 is 0 Å². The molecule has 1 aromatic rings. The van der Waals surface area contributed by atoms with Crippen LogP contribution >= 0.6 is 0 Å². The maximum Gasteiger partial charge on any atom is 0.0492 e. The molecule has 0 bridgehead atoms. The molecule has 0 atom stereocenters. The molecule has 2 rings (SSSR count). The van der Waals surface area contributed by atoms with Gasteiger partial charge in [-0.15, -0.1) is 0 Å². The van der Waals surface area contributed by atoms with Crippen molar-refractivity contribution in [2.24, 2.45) is 18.4 Å². The van der Waals surface area contributed by atoms with Gasteiger partial charge in [0, 0.05) is 25.5 Å². The molecule has 3 nitrogen and oxygen atoms in total. The predicted octanol–water partition coefficient (Wildman–Crippen LogP) is 3.71. The van der Waals surface area contributed by atoms with Gasteiger partial charge in [0.2, 0.25) is 0 Å². The van der Waals surface area contributed by atoms with E-state index < -0.39 is 0 Å². The second-order valence-corrected chi connectivity index (χ2v) is 6.69. The van der Waals surface area contributed by atoms with Crippen molar-refractivity contribution >= 4 is 0 Å². The van der Waals surface area contributed by atoms with Crippen LogP contribution in [0.4, 0.5) is 0 Å². The summed E-state index contributed by atoms with van der Waals surface area (Å²) in [6.45, 7) is 2.63. The van der Waals surface area contributed by atoms with Crippen LogP contribution in [-0.4, -0.2) is 21.5 Å². The molecule has 0 amide bonds. The zero-order chi connectivity index (χ0) is 14.4. The zero-order valence-electron chi connectivity index (χ0n) is 13.1. The molecule has 3 heteroatoms. The largest absolute Gasteiger partial charge is 0.396 e. The van der Waals surface area contributed by atoms with Crippen LogP contribution in [0.5, 0.6) is 0 Å². The molecule has 0 aromatic carbocycles. The molecular weight excluding hydrogens is 248 g/mol. The van der Waals surface area contributed by atoms with Gasteiger partial charge in [-0.2, -0.15) is 5.10 Å². The summed E-state index contributed by atoms with van der Waals surface area (Å²) < 4.78 is 1.96. The summed E-state index contributed by atoms with van der Waals surface area (Å²) in [4.78, 5) is 0. The average molecular weight is 278 g/mol. The van der Waals surface area contributed by atoms with Gasteiger partial charge in [-0.3, -0.25) is 4.68 Å². The molecule has 0 spiro atoms. The summed E-state index contributed by atoms with van der Waals surface area (Å²) in [5, 5.41) is 14.1. The molecule has 0 radical (unpaired) electrons. The van der Waals surface area contributed by atoms with Crippen molar-refractivity contribution in [2.75, 3.05) is 6.61 Å². The first kappa shape index (κ1) is 15.6. The highest BCUT2D eigenvalue weighted by Crippen LogP contribution is 2.43. The molecule has 114 valence electrons. The number of hydrogen-bond donors (Lipinski definition) is 1. The lowest BCUT2D eigenvalue weighted by molar-refractivity contribution is 0.0538. The van der Waals surface area contributed by atoms with Crippen LogP contribution in [0.15, 0.2) is 12.3 Å². The topological polar surface area (TPSA) is 38.1 Å². The number of nitrogens with zero attached hydrogens (tertiary/aromatic N) is 2. The minimum Gasteiger partial charge on any atom is -0.396 e. The molecule has 0 saturated heterocycles. The number of aryl methyl sites for hydroxylation is 2. The Bertz CT molecular complexity index is 391. The van der Waals surface area contributed by atoms with E-state index in [-0.39, 0.29) is 5.41 Å². The van der Waals surface area contributed by atoms with Crippen molar-refractivity contribution in [3.8, 4) is 0 Å². The maximum atomic E-state index is 9.88. The van der Waals surface area contributed by atoms with Crippen LogP contribution in [0.2, 0.25) is 0 Å². The number of aromatic nitrogens is 2. The lowest BCUT2D eigenvalue weighted by Crippen LogP contribution is -2.32. The quantitative estimate of drug-likeness (QED) is 0.825. The molecule has 1 aliphatic carbocycles. The minimum atomic E-state index is 0.174. The monoisotopic (exact) mass is 278 g/mol. The number of hydrogen-bond acceptors (Lipinski definition) is 2. The van der Waals surface area contributed by atoms with Crippen LogP contribution in [0.25, 0.3) is 0 Å². The van der Waals surface area contributed by atoms with Crippen LogP contribution in [0.3, 0.4) is 0 Å². The van der Waals surface area contributed by atoms with E-state index in [1.54, 1.807) is 0 Å². The summed E-state index contributed by atoms with van der Waals surface area (Å²) in [6, 6.07) is 2.10. The fraction of sp³-hybridized carbons (Fsp3) is 0.824. The van der Waals surface area contributed by atoms with Crippen molar-refractivity contribution < 1.29 is 5.11 Å². The SMILES string of the molecule is CCCCC1CCC(CO)(CCc2ccnn2C)CC1. The van der Waals surface area contributed by atoms with Gasteiger partial charge in [0.05, 0.1) is 0 Å². The van der Waals surface area contributed by atoms with Gasteiger partial charge in [-0.05, 0) is 55.9 Å². The Morgan fingerprint density at radius 2 is 2.15 bits per heavy atom. The highest BCUT2D eigenvalue weighted by atomic mass is 16.3. The molecule has 1 heterocycles. The molecule has 0 aliphatic heterocycles. The average Bonchev–Trinajstić information content (AvgIpc) is 2.89. The first-order valence-corrected chi connectivity index (χ1v) is 8.27. The maximum absolute atomic E-state index is 9.88. The Labute approximate surface area is 123 Å². The Hall–Kier alpha value is -0.830. The number of rotatable bonds is 7. The standard InChI is InChI=1S/C17H30N2O/c1-3-4-5-15-6-10-17(14-20,11-7-15)12-8-16-9-13-18-19(16)2/h9,13,15,20H,3-8,10-12,14H2,1-2H3. The van der Waals surface area contributed by atoms with Crippen molar-refractivity contribution in [1.82, 2.24) is 9.78 Å². The third-order valence-corrected chi connectivity index (χ3v) is 5.30. The number of unbranched alkanes of at least 4 members (excludes halogenated alkanes) is 1. The van der Waals surface area contributed by atoms with E-state index in [1.165, 1.54) is 50.6 Å². The summed E-state index contributed by atoms with van der Waals surface area (Å²) in [5.41, 5.74) is 1.46. The van der Waals surface area contributed by atoms with E-state index in [2.05, 4.69) is 18.1 Å². The molecule has 1 fully saturated rings. The lowest BCUT2D eigenvalue weighted by Gasteiger charge is -2.39. The van der Waals surface area contributed by atoms with E-state index in [1.807, 2.05) is 17.9 Å². The van der Waals surface area contributed by atoms with E-state index in [9.17, 15) is 5.11 Å². The van der Waals surface area contributed by atoms with Crippen LogP contribution in [-0.2, 0) is 13.5 Å². The second kappa shape index (κ2) is 7.26. The predicted molar refractivity (Wildman–Crippen MR) is 82.5 cm³/mol. The molecule has 0 unspecified atom stereocenters. The van der Waals surface area contributed by atoms with E-state index in [0.29, 0.717) is 6.61 Å². The Morgan fingerprint density at radius 3 is 2.70 bits per heavy atom. The first-order chi connectivity index (χ1) is 9.69. The summed E-state index contributed by atoms with van der Waals surface area (Å²) in [5.74, 6) is 0.909. The highest BCUT2D eigenvalue weighted by Gasteiger charge is 2.34. The van der Waals surface area contributed by atoms with Gasteiger partial charge < -0.3 is 5.11 Å². The minimum absolute atomic E-state index is 0.174. The van der Waals surface area contributed by atoms with Crippen molar-refractivity contribution in [3.63, 3.8) is 0 Å². The first-order valence-electron chi connectivity index (χ1n) is 8.27. The van der Waals surface area contributed by atoms with Crippen molar-refractivity contribution in [1.29, 1.82) is 0 Å². The molecule has 1 aliphatic rings. The summed E-state index contributed by atoms with van der Waals surface area (Å²) in [7, 11) is 2.00. The van der Waals surface area contributed by atoms with Gasteiger partial charge in [-0.25, -0.2) is 0 Å². The van der Waals surface area contributed by atoms with Gasteiger partial charge in [0.25, 0.3) is 0 Å². The van der Waals surface area contributed by atoms with E-state index in [4.69, 9.17) is 0 Å². The summed E-state index contributed by atoms with van der Waals surface area (Å²) >= 11 is 0. The van der Waals surface area contributed by atoms with Gasteiger partial charge in [-0.1, -0.05) is 26.2 Å². The second-order valence-electron chi connectivity index (χ2n) is 6.69. The Morgan fingerprint density at radius 1 is 1.40 bits per heavy atom. The zero-order valence-corrected chi connectivity index (χ0v) is 13.1. The summed E-state index contributed by atoms with van der Waals surface area (Å²) in [6.07, 6.45) is 13.1. The normalized spacial score (nSPS) is 26.9.